The number of aliphatic hydroxyl groups excluding tert-OH is 1. The third-order valence-corrected chi connectivity index (χ3v) is 4.38. The number of pyridine rings is 1. The first-order valence-electron chi connectivity index (χ1n) is 8.37. The predicted molar refractivity (Wildman–Crippen MR) is 96.5 cm³/mol. The van der Waals surface area contributed by atoms with Gasteiger partial charge in [-0.3, -0.25) is 4.79 Å². The lowest BCUT2D eigenvalue weighted by atomic mass is 10.0. The fourth-order valence-corrected chi connectivity index (χ4v) is 3.09. The average molecular weight is 391 g/mol. The number of carboxylic acids is 1. The number of halogens is 3. The lowest BCUT2D eigenvalue weighted by Crippen LogP contribution is -2.19. The van der Waals surface area contributed by atoms with Gasteiger partial charge in [0.05, 0.1) is 17.7 Å². The van der Waals surface area contributed by atoms with Gasteiger partial charge in [-0.2, -0.15) is 13.2 Å². The van der Waals surface area contributed by atoms with E-state index in [0.29, 0.717) is 16.6 Å². The van der Waals surface area contributed by atoms with Gasteiger partial charge < -0.3 is 14.8 Å². The summed E-state index contributed by atoms with van der Waals surface area (Å²) in [5.41, 5.74) is -0.442. The largest absolute Gasteiger partial charge is 0.477 e. The fraction of sp³-hybridized carbons (Fsp3) is 0.200. The topological polar surface area (TPSA) is 79.5 Å². The number of aliphatic hydroxyl groups is 1. The number of carboxylic acid groups (broad SMARTS) is 1. The van der Waals surface area contributed by atoms with Gasteiger partial charge in [-0.15, -0.1) is 0 Å². The molecule has 0 atom stereocenters. The second kappa shape index (κ2) is 7.47. The fourth-order valence-electron chi connectivity index (χ4n) is 3.09. The van der Waals surface area contributed by atoms with Crippen molar-refractivity contribution in [2.75, 3.05) is 6.61 Å². The van der Waals surface area contributed by atoms with Gasteiger partial charge in [0.1, 0.15) is 5.56 Å². The highest BCUT2D eigenvalue weighted by Crippen LogP contribution is 2.30. The standard InChI is InChI=1S/C20H16F3NO4/c21-20(22,23)14-3-1-2-12(9-14)8-13-4-5-17-15(10-13)18(26)16(19(27)28)11-24(17)6-7-25/h1-5,9-11,25H,6-8H2,(H,27,28). The van der Waals surface area contributed by atoms with E-state index in [4.69, 9.17) is 0 Å². The van der Waals surface area contributed by atoms with Crippen LogP contribution >= 0.6 is 0 Å². The molecule has 146 valence electrons. The Morgan fingerprint density at radius 2 is 1.79 bits per heavy atom. The Labute approximate surface area is 157 Å². The number of benzene rings is 2. The monoisotopic (exact) mass is 391 g/mol. The molecule has 1 aromatic heterocycles. The first-order valence-corrected chi connectivity index (χ1v) is 8.37. The van der Waals surface area contributed by atoms with Crippen molar-refractivity contribution in [3.8, 4) is 0 Å². The molecule has 0 fully saturated rings. The second-order valence-corrected chi connectivity index (χ2v) is 6.32. The summed E-state index contributed by atoms with van der Waals surface area (Å²) in [6, 6.07) is 9.64. The Morgan fingerprint density at radius 3 is 2.43 bits per heavy atom. The van der Waals surface area contributed by atoms with Crippen LogP contribution in [0.2, 0.25) is 0 Å². The zero-order valence-electron chi connectivity index (χ0n) is 14.5. The van der Waals surface area contributed by atoms with Crippen LogP contribution in [0.1, 0.15) is 27.0 Å². The molecule has 0 aliphatic carbocycles. The van der Waals surface area contributed by atoms with Gasteiger partial charge >= 0.3 is 12.1 Å². The smallest absolute Gasteiger partial charge is 0.416 e. The van der Waals surface area contributed by atoms with Crippen LogP contribution in [0.5, 0.6) is 0 Å². The van der Waals surface area contributed by atoms with E-state index in [1.807, 2.05) is 0 Å². The highest BCUT2D eigenvalue weighted by Gasteiger charge is 2.30. The highest BCUT2D eigenvalue weighted by atomic mass is 19.4. The Hall–Kier alpha value is -3.13. The zero-order chi connectivity index (χ0) is 20.5. The summed E-state index contributed by atoms with van der Waals surface area (Å²) in [7, 11) is 0. The Balaban J connectivity index is 2.08. The van der Waals surface area contributed by atoms with Crippen molar-refractivity contribution in [1.29, 1.82) is 0 Å². The quantitative estimate of drug-likeness (QED) is 0.700. The number of nitrogens with zero attached hydrogens (tertiary/aromatic N) is 1. The van der Waals surface area contributed by atoms with Crippen molar-refractivity contribution in [3.05, 3.63) is 81.1 Å². The van der Waals surface area contributed by atoms with Crippen molar-refractivity contribution in [1.82, 2.24) is 4.57 Å². The molecule has 5 nitrogen and oxygen atoms in total. The maximum atomic E-state index is 12.9. The van der Waals surface area contributed by atoms with Crippen molar-refractivity contribution in [2.24, 2.45) is 0 Å². The minimum absolute atomic E-state index is 0.101. The second-order valence-electron chi connectivity index (χ2n) is 6.32. The molecule has 0 bridgehead atoms. The molecule has 0 amide bonds. The predicted octanol–water partition coefficient (Wildman–Crippen LogP) is 3.30. The van der Waals surface area contributed by atoms with Crippen LogP contribution in [0.25, 0.3) is 10.9 Å². The summed E-state index contributed by atoms with van der Waals surface area (Å²) in [5, 5.41) is 18.6. The Morgan fingerprint density at radius 1 is 1.07 bits per heavy atom. The number of hydrogen-bond acceptors (Lipinski definition) is 3. The minimum Gasteiger partial charge on any atom is -0.477 e. The van der Waals surface area contributed by atoms with Gasteiger partial charge in [0, 0.05) is 18.1 Å². The first-order chi connectivity index (χ1) is 13.2. The number of rotatable bonds is 5. The highest BCUT2D eigenvalue weighted by molar-refractivity contribution is 5.92. The third-order valence-electron chi connectivity index (χ3n) is 4.38. The van der Waals surface area contributed by atoms with E-state index < -0.39 is 28.7 Å². The summed E-state index contributed by atoms with van der Waals surface area (Å²) in [4.78, 5) is 23.9. The van der Waals surface area contributed by atoms with Crippen LogP contribution < -0.4 is 5.43 Å². The Kier molecular flexibility index (Phi) is 5.24. The van der Waals surface area contributed by atoms with Gasteiger partial charge in [0.2, 0.25) is 5.43 Å². The van der Waals surface area contributed by atoms with Crippen molar-refractivity contribution < 1.29 is 28.2 Å². The molecule has 2 N–H and O–H groups in total. The van der Waals surface area contributed by atoms with Crippen LogP contribution in [-0.2, 0) is 19.1 Å². The van der Waals surface area contributed by atoms with Crippen molar-refractivity contribution in [2.45, 2.75) is 19.1 Å². The number of hydrogen-bond donors (Lipinski definition) is 2. The molecule has 2 aromatic carbocycles. The SMILES string of the molecule is O=C(O)c1cn(CCO)c2ccc(Cc3cccc(C(F)(F)F)c3)cc2c1=O. The zero-order valence-corrected chi connectivity index (χ0v) is 14.5. The van der Waals surface area contributed by atoms with E-state index in [1.165, 1.54) is 22.9 Å². The maximum absolute atomic E-state index is 12.9. The lowest BCUT2D eigenvalue weighted by molar-refractivity contribution is -0.137. The van der Waals surface area contributed by atoms with Crippen molar-refractivity contribution >= 4 is 16.9 Å². The molecular formula is C20H16F3NO4. The molecule has 3 aromatic rings. The summed E-state index contributed by atoms with van der Waals surface area (Å²) in [5.74, 6) is -1.39. The van der Waals surface area contributed by atoms with Gasteiger partial charge in [0.25, 0.3) is 0 Å². The normalized spacial score (nSPS) is 11.7. The summed E-state index contributed by atoms with van der Waals surface area (Å²) < 4.78 is 40.1. The molecule has 28 heavy (non-hydrogen) atoms. The molecule has 0 radical (unpaired) electrons. The van der Waals surface area contributed by atoms with Crippen LogP contribution in [0.15, 0.2) is 53.5 Å². The van der Waals surface area contributed by atoms with E-state index in [1.54, 1.807) is 18.2 Å². The maximum Gasteiger partial charge on any atom is 0.416 e. The summed E-state index contributed by atoms with van der Waals surface area (Å²) in [6.45, 7) is -0.146. The van der Waals surface area contributed by atoms with E-state index in [-0.39, 0.29) is 25.0 Å². The molecule has 0 unspecified atom stereocenters. The van der Waals surface area contributed by atoms with E-state index in [9.17, 15) is 33.0 Å². The van der Waals surface area contributed by atoms with Gasteiger partial charge in [-0.1, -0.05) is 24.3 Å². The van der Waals surface area contributed by atoms with E-state index >= 15 is 0 Å². The molecule has 1 heterocycles. The molecule has 3 rings (SSSR count). The molecule has 0 saturated heterocycles. The van der Waals surface area contributed by atoms with Crippen molar-refractivity contribution in [3.63, 3.8) is 0 Å². The number of alkyl halides is 3. The number of aromatic nitrogens is 1. The van der Waals surface area contributed by atoms with Gasteiger partial charge in [-0.05, 0) is 35.7 Å². The first kappa shape index (κ1) is 19.6. The third kappa shape index (κ3) is 3.91. The number of aromatic carboxylic acids is 1. The summed E-state index contributed by atoms with van der Waals surface area (Å²) >= 11 is 0. The molecule has 8 heteroatoms. The molecule has 0 aliphatic heterocycles. The molecule has 0 aliphatic rings. The van der Waals surface area contributed by atoms with Gasteiger partial charge in [0.15, 0.2) is 0 Å². The Bertz CT molecular complexity index is 1100. The average Bonchev–Trinajstić information content (AvgIpc) is 2.63. The van der Waals surface area contributed by atoms with Crippen LogP contribution in [0.3, 0.4) is 0 Å². The minimum atomic E-state index is -4.45. The van der Waals surface area contributed by atoms with Gasteiger partial charge in [-0.25, -0.2) is 4.79 Å². The molecular weight excluding hydrogens is 375 g/mol. The van der Waals surface area contributed by atoms with E-state index in [0.717, 1.165) is 12.1 Å². The van der Waals surface area contributed by atoms with E-state index in [2.05, 4.69) is 0 Å². The number of fused-ring (bicyclic) bond motifs is 1. The van der Waals surface area contributed by atoms with Crippen LogP contribution in [0.4, 0.5) is 13.2 Å². The lowest BCUT2D eigenvalue weighted by Gasteiger charge is -2.13. The number of carbonyl (C=O) groups is 1. The van der Waals surface area contributed by atoms with Crippen LogP contribution in [0, 0.1) is 0 Å². The summed E-state index contributed by atoms with van der Waals surface area (Å²) in [6.07, 6.45) is -3.12. The van der Waals surface area contributed by atoms with Crippen LogP contribution in [-0.4, -0.2) is 27.4 Å². The molecule has 0 spiro atoms. The molecule has 0 saturated carbocycles.